The third kappa shape index (κ3) is 7.49. The fraction of sp³-hybridized carbons (Fsp3) is 0.342. The molecule has 3 N–H and O–H groups in total. The Morgan fingerprint density at radius 2 is 1.51 bits per heavy atom. The molecule has 2 amide bonds. The van der Waals surface area contributed by atoms with Gasteiger partial charge < -0.3 is 20.4 Å². The second-order valence-electron chi connectivity index (χ2n) is 12.6. The Bertz CT molecular complexity index is 1570. The van der Waals surface area contributed by atoms with Crippen molar-refractivity contribution in [1.29, 1.82) is 0 Å². The van der Waals surface area contributed by atoms with Crippen LogP contribution in [-0.2, 0) is 35.3 Å². The SMILES string of the molecule is O=C(N[C@H]1c2ccccc2C[C@H]1O)[C@@H](Cc1ccccc1)C[C@H](O)CN1C(=O)[C@H](Cc2ccncc2)C[C@@H]1Cc1ccccc1. The average molecular weight is 604 g/mol. The number of nitrogens with zero attached hydrogens (tertiary/aromatic N) is 2. The highest BCUT2D eigenvalue weighted by molar-refractivity contribution is 5.82. The molecule has 2 aliphatic rings. The number of benzene rings is 3. The summed E-state index contributed by atoms with van der Waals surface area (Å²) in [5, 5.41) is 25.4. The first-order chi connectivity index (χ1) is 21.9. The molecule has 6 rings (SSSR count). The summed E-state index contributed by atoms with van der Waals surface area (Å²) in [6.45, 7) is 0.163. The molecule has 2 heterocycles. The first kappa shape index (κ1) is 30.7. The van der Waals surface area contributed by atoms with E-state index in [9.17, 15) is 19.8 Å². The molecule has 6 atom stereocenters. The molecule has 1 saturated heterocycles. The van der Waals surface area contributed by atoms with Gasteiger partial charge in [-0.15, -0.1) is 0 Å². The Hall–Kier alpha value is -4.33. The van der Waals surface area contributed by atoms with Gasteiger partial charge in [-0.05, 0) is 72.1 Å². The van der Waals surface area contributed by atoms with Gasteiger partial charge in [0.15, 0.2) is 0 Å². The first-order valence-electron chi connectivity index (χ1n) is 16.0. The van der Waals surface area contributed by atoms with Gasteiger partial charge in [-0.25, -0.2) is 0 Å². The number of carbonyl (C=O) groups excluding carboxylic acids is 2. The lowest BCUT2D eigenvalue weighted by atomic mass is 9.91. The maximum Gasteiger partial charge on any atom is 0.226 e. The molecule has 4 aromatic rings. The van der Waals surface area contributed by atoms with Gasteiger partial charge in [0.05, 0.1) is 18.2 Å². The molecule has 1 fully saturated rings. The second-order valence-corrected chi connectivity index (χ2v) is 12.6. The highest BCUT2D eigenvalue weighted by atomic mass is 16.3. The normalized spacial score (nSPS) is 22.2. The molecule has 7 heteroatoms. The van der Waals surface area contributed by atoms with Crippen LogP contribution in [0, 0.1) is 11.8 Å². The lowest BCUT2D eigenvalue weighted by Gasteiger charge is -2.29. The van der Waals surface area contributed by atoms with Crippen LogP contribution in [0.5, 0.6) is 0 Å². The Morgan fingerprint density at radius 1 is 0.867 bits per heavy atom. The maximum absolute atomic E-state index is 13.8. The number of hydrogen-bond acceptors (Lipinski definition) is 5. The van der Waals surface area contributed by atoms with E-state index in [0.29, 0.717) is 32.1 Å². The van der Waals surface area contributed by atoms with Gasteiger partial charge in [0.2, 0.25) is 11.8 Å². The zero-order chi connectivity index (χ0) is 31.2. The monoisotopic (exact) mass is 603 g/mol. The molecule has 45 heavy (non-hydrogen) atoms. The number of β-amino-alcohol motifs (C(OH)–C–C–N with tert-alkyl or cyclic N) is 1. The Morgan fingerprint density at radius 3 is 2.24 bits per heavy atom. The van der Waals surface area contributed by atoms with Crippen molar-refractivity contribution in [3.8, 4) is 0 Å². The number of aliphatic hydroxyl groups excluding tert-OH is 2. The van der Waals surface area contributed by atoms with Crippen LogP contribution < -0.4 is 5.32 Å². The van der Waals surface area contributed by atoms with E-state index in [1.54, 1.807) is 12.4 Å². The van der Waals surface area contributed by atoms with Gasteiger partial charge in [-0.1, -0.05) is 84.9 Å². The molecule has 1 aromatic heterocycles. The average Bonchev–Trinajstić information content (AvgIpc) is 3.52. The summed E-state index contributed by atoms with van der Waals surface area (Å²) in [7, 11) is 0. The zero-order valence-corrected chi connectivity index (χ0v) is 25.4. The molecule has 1 aliphatic carbocycles. The van der Waals surface area contributed by atoms with Crippen molar-refractivity contribution in [2.24, 2.45) is 11.8 Å². The molecule has 0 saturated carbocycles. The van der Waals surface area contributed by atoms with Gasteiger partial charge in [-0.2, -0.15) is 0 Å². The molecular formula is C38H41N3O4. The quantitative estimate of drug-likeness (QED) is 0.222. The molecule has 3 aromatic carbocycles. The predicted octanol–water partition coefficient (Wildman–Crippen LogP) is 4.47. The fourth-order valence-electron chi connectivity index (χ4n) is 7.09. The smallest absolute Gasteiger partial charge is 0.226 e. The van der Waals surface area contributed by atoms with Gasteiger partial charge in [0.25, 0.3) is 0 Å². The molecular weight excluding hydrogens is 562 g/mol. The minimum atomic E-state index is -0.896. The molecule has 0 unspecified atom stereocenters. The van der Waals surface area contributed by atoms with E-state index in [-0.39, 0.29) is 36.7 Å². The van der Waals surface area contributed by atoms with Crippen LogP contribution in [0.2, 0.25) is 0 Å². The summed E-state index contributed by atoms with van der Waals surface area (Å²) < 4.78 is 0. The van der Waals surface area contributed by atoms with Gasteiger partial charge >= 0.3 is 0 Å². The molecule has 1 aliphatic heterocycles. The number of nitrogens with one attached hydrogen (secondary N) is 1. The van der Waals surface area contributed by atoms with Crippen LogP contribution in [0.1, 0.15) is 46.7 Å². The lowest BCUT2D eigenvalue weighted by molar-refractivity contribution is -0.133. The second kappa shape index (κ2) is 14.2. The number of rotatable bonds is 12. The van der Waals surface area contributed by atoms with E-state index in [0.717, 1.165) is 27.8 Å². The number of hydrogen-bond donors (Lipinski definition) is 3. The number of amides is 2. The highest BCUT2D eigenvalue weighted by Gasteiger charge is 2.41. The topological polar surface area (TPSA) is 103 Å². The van der Waals surface area contributed by atoms with Gasteiger partial charge in [-0.3, -0.25) is 14.6 Å². The lowest BCUT2D eigenvalue weighted by Crippen LogP contribution is -2.43. The van der Waals surface area contributed by atoms with Crippen LogP contribution in [0.15, 0.2) is 109 Å². The molecule has 232 valence electrons. The number of fused-ring (bicyclic) bond motifs is 1. The van der Waals surface area contributed by atoms with Crippen LogP contribution >= 0.6 is 0 Å². The Labute approximate surface area is 265 Å². The molecule has 7 nitrogen and oxygen atoms in total. The molecule has 0 bridgehead atoms. The van der Waals surface area contributed by atoms with Crippen molar-refractivity contribution in [2.75, 3.05) is 6.54 Å². The van der Waals surface area contributed by atoms with Gasteiger partial charge in [0.1, 0.15) is 0 Å². The minimum absolute atomic E-state index is 0.0431. The van der Waals surface area contributed by atoms with E-state index in [2.05, 4.69) is 22.4 Å². The summed E-state index contributed by atoms with van der Waals surface area (Å²) in [5.74, 6) is -0.884. The van der Waals surface area contributed by atoms with Crippen molar-refractivity contribution in [2.45, 2.75) is 62.8 Å². The van der Waals surface area contributed by atoms with Crippen molar-refractivity contribution in [3.63, 3.8) is 0 Å². The predicted molar refractivity (Wildman–Crippen MR) is 173 cm³/mol. The van der Waals surface area contributed by atoms with Crippen LogP contribution in [0.25, 0.3) is 0 Å². The zero-order valence-electron chi connectivity index (χ0n) is 25.4. The van der Waals surface area contributed by atoms with Gasteiger partial charge in [0, 0.05) is 43.2 Å². The number of carbonyl (C=O) groups is 2. The third-order valence-corrected chi connectivity index (χ3v) is 9.34. The van der Waals surface area contributed by atoms with E-state index < -0.39 is 24.2 Å². The summed E-state index contributed by atoms with van der Waals surface area (Å²) in [4.78, 5) is 33.6. The largest absolute Gasteiger partial charge is 0.391 e. The standard InChI is InChI=1S/C38H41N3O4/c42-33(25-41-32(21-27-11-5-2-6-12-27)22-31(38(41)45)20-28-15-17-39-18-16-28)23-30(19-26-9-3-1-4-10-26)37(44)40-36-34-14-8-7-13-29(34)24-35(36)43/h1-18,30-33,35-36,42-43H,19-25H2,(H,40,44)/t30-,31+,32-,33-,35+,36-/m0/s1. The maximum atomic E-state index is 13.8. The number of aliphatic hydroxyl groups is 2. The fourth-order valence-corrected chi connectivity index (χ4v) is 7.09. The molecule has 0 radical (unpaired) electrons. The van der Waals surface area contributed by atoms with Crippen LogP contribution in [0.3, 0.4) is 0 Å². The minimum Gasteiger partial charge on any atom is -0.391 e. The summed E-state index contributed by atoms with van der Waals surface area (Å²) in [6.07, 6.45) is 5.07. The van der Waals surface area contributed by atoms with Crippen molar-refractivity contribution < 1.29 is 19.8 Å². The first-order valence-corrected chi connectivity index (χ1v) is 16.0. The number of pyridine rings is 1. The van der Waals surface area contributed by atoms with Crippen molar-refractivity contribution >= 4 is 11.8 Å². The van der Waals surface area contributed by atoms with Crippen molar-refractivity contribution in [3.05, 3.63) is 137 Å². The van der Waals surface area contributed by atoms with E-state index in [1.165, 1.54) is 0 Å². The summed E-state index contributed by atoms with van der Waals surface area (Å²) in [5.41, 5.74) is 5.18. The van der Waals surface area contributed by atoms with E-state index in [1.807, 2.05) is 89.8 Å². The third-order valence-electron chi connectivity index (χ3n) is 9.34. The Balaban J connectivity index is 1.18. The van der Waals surface area contributed by atoms with E-state index >= 15 is 0 Å². The number of aromatic nitrogens is 1. The van der Waals surface area contributed by atoms with Crippen LogP contribution in [-0.4, -0.2) is 56.7 Å². The van der Waals surface area contributed by atoms with E-state index in [4.69, 9.17) is 0 Å². The van der Waals surface area contributed by atoms with Crippen LogP contribution in [0.4, 0.5) is 0 Å². The summed E-state index contributed by atoms with van der Waals surface area (Å²) in [6, 6.07) is 31.1. The molecule has 0 spiro atoms. The summed E-state index contributed by atoms with van der Waals surface area (Å²) >= 11 is 0. The van der Waals surface area contributed by atoms with Crippen molar-refractivity contribution in [1.82, 2.24) is 15.2 Å². The highest BCUT2D eigenvalue weighted by Crippen LogP contribution is 2.33. The Kier molecular flexibility index (Phi) is 9.67. The number of likely N-dealkylation sites (tertiary alicyclic amines) is 1.